The lowest BCUT2D eigenvalue weighted by Gasteiger charge is -2.31. The molecule has 1 N–H and O–H groups in total. The van der Waals surface area contributed by atoms with Crippen LogP contribution < -0.4 is 14.8 Å². The van der Waals surface area contributed by atoms with Crippen LogP contribution in [0.3, 0.4) is 0 Å². The number of carbonyl (C=O) groups is 1. The lowest BCUT2D eigenvalue weighted by Crippen LogP contribution is -2.43. The largest absolute Gasteiger partial charge is 0.493 e. The minimum absolute atomic E-state index is 0.0642. The van der Waals surface area contributed by atoms with Gasteiger partial charge in [-0.15, -0.1) is 0 Å². The van der Waals surface area contributed by atoms with Crippen molar-refractivity contribution >= 4 is 5.91 Å². The minimum atomic E-state index is -0.383. The van der Waals surface area contributed by atoms with Crippen molar-refractivity contribution in [2.45, 2.75) is 32.7 Å². The Kier molecular flexibility index (Phi) is 6.43. The average Bonchev–Trinajstić information content (AvgIpc) is 2.58. The van der Waals surface area contributed by atoms with Gasteiger partial charge in [-0.25, -0.2) is 4.39 Å². The number of carbonyl (C=O) groups excluding carboxylic acids is 1. The molecule has 1 aromatic rings. The van der Waals surface area contributed by atoms with E-state index in [1.807, 2.05) is 11.8 Å². The van der Waals surface area contributed by atoms with Crippen molar-refractivity contribution in [3.63, 3.8) is 0 Å². The lowest BCUT2D eigenvalue weighted by molar-refractivity contribution is -0.132. The van der Waals surface area contributed by atoms with E-state index in [0.29, 0.717) is 23.0 Å². The molecule has 1 fully saturated rings. The monoisotopic (exact) mass is 338 g/mol. The van der Waals surface area contributed by atoms with E-state index in [1.165, 1.54) is 26.7 Å². The van der Waals surface area contributed by atoms with Crippen LogP contribution >= 0.6 is 0 Å². The van der Waals surface area contributed by atoms with Crippen molar-refractivity contribution in [2.24, 2.45) is 5.92 Å². The summed E-state index contributed by atoms with van der Waals surface area (Å²) in [6, 6.07) is 2.61. The molecular weight excluding hydrogens is 311 g/mol. The zero-order chi connectivity index (χ0) is 17.7. The summed E-state index contributed by atoms with van der Waals surface area (Å²) in [4.78, 5) is 14.2. The molecule has 1 saturated heterocycles. The molecule has 0 radical (unpaired) electrons. The second-order valence-corrected chi connectivity index (χ2v) is 6.42. The number of piperidine rings is 1. The van der Waals surface area contributed by atoms with Crippen molar-refractivity contribution in [3.05, 3.63) is 23.5 Å². The van der Waals surface area contributed by atoms with Gasteiger partial charge in [-0.3, -0.25) is 4.79 Å². The molecule has 1 amide bonds. The smallest absolute Gasteiger partial charge is 0.236 e. The quantitative estimate of drug-likeness (QED) is 0.866. The van der Waals surface area contributed by atoms with Crippen LogP contribution in [0, 0.1) is 11.7 Å². The zero-order valence-electron chi connectivity index (χ0n) is 14.9. The van der Waals surface area contributed by atoms with Crippen molar-refractivity contribution in [3.8, 4) is 11.5 Å². The van der Waals surface area contributed by atoms with Crippen molar-refractivity contribution < 1.29 is 18.7 Å². The van der Waals surface area contributed by atoms with Gasteiger partial charge in [-0.2, -0.15) is 0 Å². The number of hydrogen-bond donors (Lipinski definition) is 1. The van der Waals surface area contributed by atoms with Crippen LogP contribution in [0.4, 0.5) is 4.39 Å². The van der Waals surface area contributed by atoms with Crippen molar-refractivity contribution in [1.82, 2.24) is 10.2 Å². The molecule has 1 heterocycles. The fourth-order valence-corrected chi connectivity index (χ4v) is 3.08. The summed E-state index contributed by atoms with van der Waals surface area (Å²) in [5.74, 6) is 1.05. The second-order valence-electron chi connectivity index (χ2n) is 6.42. The van der Waals surface area contributed by atoms with Gasteiger partial charge in [0, 0.05) is 30.8 Å². The highest BCUT2D eigenvalue weighted by atomic mass is 19.1. The van der Waals surface area contributed by atoms with Gasteiger partial charge in [-0.05, 0) is 31.7 Å². The highest BCUT2D eigenvalue weighted by Gasteiger charge is 2.22. The molecule has 5 nitrogen and oxygen atoms in total. The molecule has 134 valence electrons. The van der Waals surface area contributed by atoms with E-state index in [2.05, 4.69) is 12.2 Å². The molecule has 1 aliphatic rings. The van der Waals surface area contributed by atoms with Crippen LogP contribution in [0.2, 0.25) is 0 Å². The maximum Gasteiger partial charge on any atom is 0.236 e. The Morgan fingerprint density at radius 1 is 1.38 bits per heavy atom. The van der Waals surface area contributed by atoms with E-state index in [4.69, 9.17) is 9.47 Å². The molecule has 0 saturated carbocycles. The number of ether oxygens (including phenoxy) is 2. The van der Waals surface area contributed by atoms with Crippen LogP contribution in [0.15, 0.2) is 12.1 Å². The number of hydrogen-bond acceptors (Lipinski definition) is 4. The molecule has 24 heavy (non-hydrogen) atoms. The number of amides is 1. The van der Waals surface area contributed by atoms with Crippen LogP contribution in [-0.2, 0) is 4.79 Å². The molecule has 0 spiro atoms. The number of nitrogens with zero attached hydrogens (tertiary/aromatic N) is 1. The third kappa shape index (κ3) is 4.38. The molecule has 6 heteroatoms. The van der Waals surface area contributed by atoms with Crippen molar-refractivity contribution in [1.29, 1.82) is 0 Å². The van der Waals surface area contributed by atoms with E-state index in [9.17, 15) is 9.18 Å². The van der Waals surface area contributed by atoms with Crippen molar-refractivity contribution in [2.75, 3.05) is 33.9 Å². The van der Waals surface area contributed by atoms with Gasteiger partial charge in [0.2, 0.25) is 5.91 Å². The third-order valence-electron chi connectivity index (χ3n) is 4.54. The summed E-state index contributed by atoms with van der Waals surface area (Å²) >= 11 is 0. The fraction of sp³-hybridized carbons (Fsp3) is 0.611. The highest BCUT2D eigenvalue weighted by molar-refractivity contribution is 5.78. The summed E-state index contributed by atoms with van der Waals surface area (Å²) in [6.07, 6.45) is 2.22. The van der Waals surface area contributed by atoms with Crippen LogP contribution in [0.1, 0.15) is 38.3 Å². The van der Waals surface area contributed by atoms with Gasteiger partial charge in [0.05, 0.1) is 20.8 Å². The summed E-state index contributed by atoms with van der Waals surface area (Å²) in [6.45, 7) is 5.80. The van der Waals surface area contributed by atoms with E-state index < -0.39 is 0 Å². The SMILES string of the molecule is COc1cc(F)c([C@@H](C)NCC(=O)N2CCC[C@@H](C)C2)cc1OC. The third-order valence-corrected chi connectivity index (χ3v) is 4.54. The molecule has 2 atom stereocenters. The molecule has 1 aliphatic heterocycles. The first-order valence-electron chi connectivity index (χ1n) is 8.38. The maximum atomic E-state index is 14.3. The van der Waals surface area contributed by atoms with Gasteiger partial charge in [0.15, 0.2) is 11.5 Å². The van der Waals surface area contributed by atoms with Crippen LogP contribution in [-0.4, -0.2) is 44.7 Å². The number of benzene rings is 1. The van der Waals surface area contributed by atoms with Gasteiger partial charge in [-0.1, -0.05) is 6.92 Å². The zero-order valence-corrected chi connectivity index (χ0v) is 14.9. The highest BCUT2D eigenvalue weighted by Crippen LogP contribution is 2.32. The predicted octanol–water partition coefficient (Wildman–Crippen LogP) is 2.75. The normalized spacial score (nSPS) is 19.0. The van der Waals surface area contributed by atoms with Gasteiger partial charge in [0.1, 0.15) is 5.82 Å². The number of halogens is 1. The lowest BCUT2D eigenvalue weighted by atomic mass is 10.0. The summed E-state index contributed by atoms with van der Waals surface area (Å²) in [5, 5.41) is 3.11. The number of rotatable bonds is 6. The average molecular weight is 338 g/mol. The minimum Gasteiger partial charge on any atom is -0.493 e. The molecule has 0 aromatic heterocycles. The Bertz CT molecular complexity index is 580. The molecule has 0 bridgehead atoms. The van der Waals surface area contributed by atoms with E-state index >= 15 is 0 Å². The molecule has 0 aliphatic carbocycles. The molecule has 0 unspecified atom stereocenters. The fourth-order valence-electron chi connectivity index (χ4n) is 3.08. The standard InChI is InChI=1S/C18H27FN2O3/c1-12-6-5-7-21(11-12)18(22)10-20-13(2)14-8-16(23-3)17(24-4)9-15(14)19/h8-9,12-13,20H,5-7,10-11H2,1-4H3/t12-,13-/m1/s1. The van der Waals surface area contributed by atoms with E-state index in [0.717, 1.165) is 19.5 Å². The van der Waals surface area contributed by atoms with Crippen LogP contribution in [0.25, 0.3) is 0 Å². The number of nitrogens with one attached hydrogen (secondary N) is 1. The summed E-state index contributed by atoms with van der Waals surface area (Å²) in [7, 11) is 2.98. The van der Waals surface area contributed by atoms with E-state index in [-0.39, 0.29) is 24.3 Å². The van der Waals surface area contributed by atoms with Crippen LogP contribution in [0.5, 0.6) is 11.5 Å². The first-order valence-corrected chi connectivity index (χ1v) is 8.38. The Balaban J connectivity index is 1.99. The second kappa shape index (κ2) is 8.33. The number of likely N-dealkylation sites (tertiary alicyclic amines) is 1. The topological polar surface area (TPSA) is 50.8 Å². The van der Waals surface area contributed by atoms with Gasteiger partial charge in [0.25, 0.3) is 0 Å². The Morgan fingerprint density at radius 3 is 2.67 bits per heavy atom. The Morgan fingerprint density at radius 2 is 2.04 bits per heavy atom. The first kappa shape index (κ1) is 18.5. The predicted molar refractivity (Wildman–Crippen MR) is 90.9 cm³/mol. The molecule has 2 rings (SSSR count). The Hall–Kier alpha value is -1.82. The Labute approximate surface area is 143 Å². The molecule has 1 aromatic carbocycles. The van der Waals surface area contributed by atoms with E-state index in [1.54, 1.807) is 6.07 Å². The van der Waals surface area contributed by atoms with Gasteiger partial charge < -0.3 is 19.7 Å². The molecular formula is C18H27FN2O3. The summed E-state index contributed by atoms with van der Waals surface area (Å²) < 4.78 is 24.6. The summed E-state index contributed by atoms with van der Waals surface area (Å²) in [5.41, 5.74) is 0.451. The number of methoxy groups -OCH3 is 2. The maximum absolute atomic E-state index is 14.3. The first-order chi connectivity index (χ1) is 11.5. The van der Waals surface area contributed by atoms with Gasteiger partial charge >= 0.3 is 0 Å².